The summed E-state index contributed by atoms with van der Waals surface area (Å²) in [5, 5.41) is 0. The molecule has 1 unspecified atom stereocenters. The minimum atomic E-state index is -0.588. The molecule has 0 aliphatic carbocycles. The molecule has 2 rings (SSSR count). The van der Waals surface area contributed by atoms with Crippen LogP contribution < -0.4 is 4.74 Å². The predicted molar refractivity (Wildman–Crippen MR) is 136 cm³/mol. The van der Waals surface area contributed by atoms with E-state index in [1.165, 1.54) is 43.2 Å². The molecule has 0 fully saturated rings. The van der Waals surface area contributed by atoms with Gasteiger partial charge in [0.05, 0.1) is 27.1 Å². The standard InChI is InChI=1S/C29H44NO3/c1-5-6-7-8-9-13-19-27-20-14-15-21-28(27)32-25(2)33-29(31)22-16-23-30(3,4)24-26-17-11-10-12-18-26/h10-12,14-15,17-18,20-21,25H,5-9,13,16,19,22-24H2,1-4H3/q+1. The first kappa shape index (κ1) is 26.9. The molecule has 0 saturated heterocycles. The van der Waals surface area contributed by atoms with E-state index < -0.39 is 6.29 Å². The van der Waals surface area contributed by atoms with Gasteiger partial charge in [-0.3, -0.25) is 4.79 Å². The van der Waals surface area contributed by atoms with Crippen molar-refractivity contribution in [3.05, 3.63) is 65.7 Å². The number of carbonyl (C=O) groups excluding carboxylic acids is 1. The van der Waals surface area contributed by atoms with Gasteiger partial charge in [0.1, 0.15) is 12.3 Å². The maximum Gasteiger partial charge on any atom is 0.309 e. The molecule has 0 radical (unpaired) electrons. The van der Waals surface area contributed by atoms with Crippen LogP contribution in [0.15, 0.2) is 54.6 Å². The summed E-state index contributed by atoms with van der Waals surface area (Å²) < 4.78 is 12.4. The second-order valence-corrected chi connectivity index (χ2v) is 9.71. The molecule has 0 heterocycles. The number of nitrogens with zero attached hydrogens (tertiary/aromatic N) is 1. The number of unbranched alkanes of at least 4 members (excludes halogenated alkanes) is 5. The van der Waals surface area contributed by atoms with Crippen molar-refractivity contribution in [3.8, 4) is 5.75 Å². The summed E-state index contributed by atoms with van der Waals surface area (Å²) in [4.78, 5) is 12.4. The number of rotatable bonds is 16. The number of quaternary nitrogens is 1. The summed E-state index contributed by atoms with van der Waals surface area (Å²) in [6.45, 7) is 5.91. The Morgan fingerprint density at radius 2 is 1.55 bits per heavy atom. The molecule has 4 nitrogen and oxygen atoms in total. The van der Waals surface area contributed by atoms with E-state index in [2.05, 4.69) is 51.4 Å². The number of carbonyl (C=O) groups is 1. The van der Waals surface area contributed by atoms with Gasteiger partial charge in [-0.25, -0.2) is 0 Å². The van der Waals surface area contributed by atoms with Crippen molar-refractivity contribution >= 4 is 5.97 Å². The third kappa shape index (κ3) is 11.4. The molecule has 0 N–H and O–H groups in total. The lowest BCUT2D eigenvalue weighted by molar-refractivity contribution is -0.903. The Morgan fingerprint density at radius 3 is 2.30 bits per heavy atom. The van der Waals surface area contributed by atoms with Crippen LogP contribution in [0.3, 0.4) is 0 Å². The van der Waals surface area contributed by atoms with Gasteiger partial charge < -0.3 is 14.0 Å². The number of aryl methyl sites for hydroxylation is 1. The van der Waals surface area contributed by atoms with Crippen LogP contribution >= 0.6 is 0 Å². The normalized spacial score (nSPS) is 12.4. The molecule has 2 aromatic carbocycles. The summed E-state index contributed by atoms with van der Waals surface area (Å²) in [7, 11) is 4.40. The van der Waals surface area contributed by atoms with Crippen molar-refractivity contribution < 1.29 is 18.8 Å². The Hall–Kier alpha value is -2.33. The maximum atomic E-state index is 12.4. The highest BCUT2D eigenvalue weighted by molar-refractivity contribution is 5.69. The number of hydrogen-bond donors (Lipinski definition) is 0. The van der Waals surface area contributed by atoms with Gasteiger partial charge >= 0.3 is 5.97 Å². The number of ether oxygens (including phenoxy) is 2. The summed E-state index contributed by atoms with van der Waals surface area (Å²) >= 11 is 0. The Kier molecular flexibility index (Phi) is 12.0. The van der Waals surface area contributed by atoms with Crippen molar-refractivity contribution in [3.63, 3.8) is 0 Å². The van der Waals surface area contributed by atoms with Crippen LogP contribution in [-0.4, -0.2) is 37.4 Å². The molecule has 33 heavy (non-hydrogen) atoms. The number of benzene rings is 2. The topological polar surface area (TPSA) is 35.5 Å². The van der Waals surface area contributed by atoms with Crippen LogP contribution in [0.4, 0.5) is 0 Å². The Labute approximate surface area is 201 Å². The highest BCUT2D eigenvalue weighted by atomic mass is 16.7. The average Bonchev–Trinajstić information content (AvgIpc) is 2.77. The first-order valence-corrected chi connectivity index (χ1v) is 12.7. The minimum Gasteiger partial charge on any atom is -0.455 e. The third-order valence-electron chi connectivity index (χ3n) is 5.96. The minimum absolute atomic E-state index is 0.199. The summed E-state index contributed by atoms with van der Waals surface area (Å²) in [5.74, 6) is 0.627. The van der Waals surface area contributed by atoms with Crippen LogP contribution in [0.1, 0.15) is 76.3 Å². The average molecular weight is 455 g/mol. The van der Waals surface area contributed by atoms with Gasteiger partial charge in [0.2, 0.25) is 6.29 Å². The van der Waals surface area contributed by atoms with Gasteiger partial charge in [-0.15, -0.1) is 0 Å². The van der Waals surface area contributed by atoms with E-state index in [0.29, 0.717) is 6.42 Å². The fourth-order valence-electron chi connectivity index (χ4n) is 4.18. The Bertz CT molecular complexity index is 804. The molecule has 0 bridgehead atoms. The van der Waals surface area contributed by atoms with E-state index in [4.69, 9.17) is 9.47 Å². The fourth-order valence-corrected chi connectivity index (χ4v) is 4.18. The smallest absolute Gasteiger partial charge is 0.309 e. The highest BCUT2D eigenvalue weighted by Gasteiger charge is 2.18. The summed E-state index contributed by atoms with van der Waals surface area (Å²) in [5.41, 5.74) is 2.50. The van der Waals surface area contributed by atoms with Gasteiger partial charge in [-0.1, -0.05) is 87.6 Å². The molecule has 0 aromatic heterocycles. The molecule has 0 amide bonds. The molecule has 1 atom stereocenters. The number of hydrogen-bond acceptors (Lipinski definition) is 3. The molecular formula is C29H44NO3+. The molecule has 0 spiro atoms. The summed E-state index contributed by atoms with van der Waals surface area (Å²) in [6.07, 6.45) is 9.24. The first-order chi connectivity index (χ1) is 15.9. The molecule has 0 aliphatic heterocycles. The van der Waals surface area contributed by atoms with Crippen molar-refractivity contribution in [2.24, 2.45) is 0 Å². The van der Waals surface area contributed by atoms with E-state index in [1.54, 1.807) is 6.92 Å². The molecule has 182 valence electrons. The van der Waals surface area contributed by atoms with Crippen molar-refractivity contribution in [1.82, 2.24) is 0 Å². The van der Waals surface area contributed by atoms with Gasteiger partial charge in [0, 0.05) is 18.9 Å². The quantitative estimate of drug-likeness (QED) is 0.120. The lowest BCUT2D eigenvalue weighted by Gasteiger charge is -2.30. The number of para-hydroxylation sites is 1. The molecular weight excluding hydrogens is 410 g/mol. The monoisotopic (exact) mass is 454 g/mol. The van der Waals surface area contributed by atoms with E-state index in [-0.39, 0.29) is 5.97 Å². The van der Waals surface area contributed by atoms with Crippen LogP contribution in [0.25, 0.3) is 0 Å². The first-order valence-electron chi connectivity index (χ1n) is 12.7. The lowest BCUT2D eigenvalue weighted by atomic mass is 10.0. The van der Waals surface area contributed by atoms with Crippen molar-refractivity contribution in [2.45, 2.75) is 84.5 Å². The summed E-state index contributed by atoms with van der Waals surface area (Å²) in [6, 6.07) is 18.6. The van der Waals surface area contributed by atoms with E-state index in [0.717, 1.165) is 42.6 Å². The zero-order valence-corrected chi connectivity index (χ0v) is 21.2. The van der Waals surface area contributed by atoms with E-state index in [9.17, 15) is 4.79 Å². The Balaban J connectivity index is 1.71. The molecule has 0 saturated carbocycles. The lowest BCUT2D eigenvalue weighted by Crippen LogP contribution is -2.39. The van der Waals surface area contributed by atoms with Crippen molar-refractivity contribution in [1.29, 1.82) is 0 Å². The number of esters is 1. The zero-order chi connectivity index (χ0) is 23.9. The van der Waals surface area contributed by atoms with Gasteiger partial charge in [0.15, 0.2) is 0 Å². The van der Waals surface area contributed by atoms with E-state index >= 15 is 0 Å². The molecule has 4 heteroatoms. The van der Waals surface area contributed by atoms with Crippen LogP contribution in [0.2, 0.25) is 0 Å². The Morgan fingerprint density at radius 1 is 0.879 bits per heavy atom. The SMILES string of the molecule is CCCCCCCCc1ccccc1OC(C)OC(=O)CCC[N+](C)(C)Cc1ccccc1. The van der Waals surface area contributed by atoms with Crippen LogP contribution in [-0.2, 0) is 22.5 Å². The van der Waals surface area contributed by atoms with E-state index in [1.807, 2.05) is 24.3 Å². The highest BCUT2D eigenvalue weighted by Crippen LogP contribution is 2.22. The van der Waals surface area contributed by atoms with Gasteiger partial charge in [0.25, 0.3) is 0 Å². The van der Waals surface area contributed by atoms with Gasteiger partial charge in [-0.05, 0) is 24.5 Å². The second-order valence-electron chi connectivity index (χ2n) is 9.71. The largest absolute Gasteiger partial charge is 0.455 e. The zero-order valence-electron chi connectivity index (χ0n) is 21.2. The molecule has 2 aromatic rings. The fraction of sp³-hybridized carbons (Fsp3) is 0.552. The van der Waals surface area contributed by atoms with Crippen molar-refractivity contribution in [2.75, 3.05) is 20.6 Å². The van der Waals surface area contributed by atoms with Gasteiger partial charge in [-0.2, -0.15) is 0 Å². The van der Waals surface area contributed by atoms with Crippen LogP contribution in [0.5, 0.6) is 5.75 Å². The maximum absolute atomic E-state index is 12.4. The third-order valence-corrected chi connectivity index (χ3v) is 5.96. The predicted octanol–water partition coefficient (Wildman–Crippen LogP) is 6.91. The molecule has 0 aliphatic rings. The van der Waals surface area contributed by atoms with Crippen LogP contribution in [0, 0.1) is 0 Å². The second kappa shape index (κ2) is 14.7.